The Labute approximate surface area is 151 Å². The van der Waals surface area contributed by atoms with Gasteiger partial charge in [0.2, 0.25) is 0 Å². The van der Waals surface area contributed by atoms with Gasteiger partial charge in [-0.3, -0.25) is 4.79 Å². The van der Waals surface area contributed by atoms with E-state index in [1.165, 1.54) is 44.1 Å². The molecule has 0 aromatic heterocycles. The highest BCUT2D eigenvalue weighted by atomic mass is 16.5. The van der Waals surface area contributed by atoms with Crippen molar-refractivity contribution in [3.63, 3.8) is 0 Å². The zero-order chi connectivity index (χ0) is 17.5. The number of fused-ring (bicyclic) bond motifs is 2. The standard InChI is InChI=1S/C22H32O3/c23-22(24)11-7-2-1-6-10-20-18-12-13-19(14-18)21(20)16-25-15-17-8-4-3-5-9-17/h3-5,8-9,18-21H,1-2,6-7,10-16H2,(H,23,24). The minimum absolute atomic E-state index is 0.323. The van der Waals surface area contributed by atoms with Crippen LogP contribution in [0.25, 0.3) is 0 Å². The number of rotatable bonds is 11. The number of hydrogen-bond donors (Lipinski definition) is 1. The van der Waals surface area contributed by atoms with Gasteiger partial charge in [-0.05, 0) is 61.3 Å². The van der Waals surface area contributed by atoms with Crippen molar-refractivity contribution >= 4 is 5.97 Å². The van der Waals surface area contributed by atoms with E-state index in [1.54, 1.807) is 0 Å². The van der Waals surface area contributed by atoms with Crippen LogP contribution in [0.1, 0.15) is 63.4 Å². The van der Waals surface area contributed by atoms with Gasteiger partial charge in [-0.2, -0.15) is 0 Å². The lowest BCUT2D eigenvalue weighted by molar-refractivity contribution is -0.137. The molecule has 0 heterocycles. The lowest BCUT2D eigenvalue weighted by atomic mass is 9.77. The summed E-state index contributed by atoms with van der Waals surface area (Å²) in [5.41, 5.74) is 1.26. The van der Waals surface area contributed by atoms with Crippen LogP contribution in [0.4, 0.5) is 0 Å². The molecule has 1 aromatic carbocycles. The normalized spacial score (nSPS) is 27.7. The van der Waals surface area contributed by atoms with E-state index in [-0.39, 0.29) is 0 Å². The maximum atomic E-state index is 10.6. The van der Waals surface area contributed by atoms with Crippen LogP contribution in [0, 0.1) is 23.7 Å². The lowest BCUT2D eigenvalue weighted by Crippen LogP contribution is -2.26. The highest BCUT2D eigenvalue weighted by molar-refractivity contribution is 5.66. The zero-order valence-electron chi connectivity index (χ0n) is 15.2. The molecule has 4 unspecified atom stereocenters. The van der Waals surface area contributed by atoms with Gasteiger partial charge in [0.25, 0.3) is 0 Å². The molecule has 1 N–H and O–H groups in total. The van der Waals surface area contributed by atoms with E-state index in [4.69, 9.17) is 9.84 Å². The van der Waals surface area contributed by atoms with Gasteiger partial charge in [-0.25, -0.2) is 0 Å². The Kier molecular flexibility index (Phi) is 6.92. The molecule has 3 rings (SSSR count). The minimum Gasteiger partial charge on any atom is -0.481 e. The van der Waals surface area contributed by atoms with Crippen LogP contribution in [0.15, 0.2) is 30.3 Å². The average molecular weight is 344 g/mol. The molecule has 0 aliphatic heterocycles. The molecule has 2 aliphatic rings. The van der Waals surface area contributed by atoms with Crippen molar-refractivity contribution < 1.29 is 14.6 Å². The van der Waals surface area contributed by atoms with E-state index >= 15 is 0 Å². The van der Waals surface area contributed by atoms with Gasteiger partial charge >= 0.3 is 5.97 Å². The summed E-state index contributed by atoms with van der Waals surface area (Å²) in [7, 11) is 0. The SMILES string of the molecule is O=C(O)CCCCCCC1C2CCC(C2)C1COCc1ccccc1. The van der Waals surface area contributed by atoms with Crippen molar-refractivity contribution in [2.24, 2.45) is 23.7 Å². The van der Waals surface area contributed by atoms with Gasteiger partial charge in [0.1, 0.15) is 0 Å². The molecular formula is C22H32O3. The Morgan fingerprint density at radius 3 is 2.48 bits per heavy atom. The first kappa shape index (κ1) is 18.4. The Bertz CT molecular complexity index is 527. The number of unbranched alkanes of at least 4 members (excludes halogenated alkanes) is 3. The monoisotopic (exact) mass is 344 g/mol. The third-order valence-electron chi connectivity index (χ3n) is 6.37. The van der Waals surface area contributed by atoms with Gasteiger partial charge in [0.05, 0.1) is 13.2 Å². The maximum absolute atomic E-state index is 10.6. The Morgan fingerprint density at radius 2 is 1.72 bits per heavy atom. The van der Waals surface area contributed by atoms with Gasteiger partial charge in [-0.15, -0.1) is 0 Å². The average Bonchev–Trinajstić information content (AvgIpc) is 3.21. The highest BCUT2D eigenvalue weighted by Gasteiger charge is 2.46. The fourth-order valence-corrected chi connectivity index (χ4v) is 5.14. The number of benzene rings is 1. The summed E-state index contributed by atoms with van der Waals surface area (Å²) in [4.78, 5) is 10.6. The number of aliphatic carboxylic acids is 1. The molecular weight excluding hydrogens is 312 g/mol. The van der Waals surface area contributed by atoms with Crippen LogP contribution in [-0.2, 0) is 16.1 Å². The van der Waals surface area contributed by atoms with Gasteiger partial charge < -0.3 is 9.84 Å². The van der Waals surface area contributed by atoms with Crippen LogP contribution in [0.2, 0.25) is 0 Å². The molecule has 1 aromatic rings. The van der Waals surface area contributed by atoms with Crippen LogP contribution in [0.3, 0.4) is 0 Å². The van der Waals surface area contributed by atoms with Gasteiger partial charge in [0.15, 0.2) is 0 Å². The topological polar surface area (TPSA) is 46.5 Å². The van der Waals surface area contributed by atoms with E-state index in [2.05, 4.69) is 24.3 Å². The molecule has 2 aliphatic carbocycles. The molecule has 4 atom stereocenters. The molecule has 2 saturated carbocycles. The second-order valence-corrected chi connectivity index (χ2v) is 8.01. The molecule has 0 amide bonds. The molecule has 138 valence electrons. The fourth-order valence-electron chi connectivity index (χ4n) is 5.14. The smallest absolute Gasteiger partial charge is 0.303 e. The largest absolute Gasteiger partial charge is 0.481 e. The van der Waals surface area contributed by atoms with Crippen molar-refractivity contribution in [1.29, 1.82) is 0 Å². The molecule has 0 spiro atoms. The van der Waals surface area contributed by atoms with Crippen molar-refractivity contribution in [3.05, 3.63) is 35.9 Å². The number of ether oxygens (including phenoxy) is 1. The lowest BCUT2D eigenvalue weighted by Gasteiger charge is -2.31. The molecule has 0 saturated heterocycles. The summed E-state index contributed by atoms with van der Waals surface area (Å²) in [6.07, 6.45) is 10.2. The minimum atomic E-state index is -0.663. The van der Waals surface area contributed by atoms with Crippen molar-refractivity contribution in [2.75, 3.05) is 6.61 Å². The molecule has 25 heavy (non-hydrogen) atoms. The fraction of sp³-hybridized carbons (Fsp3) is 0.682. The third kappa shape index (κ3) is 5.31. The zero-order valence-corrected chi connectivity index (χ0v) is 15.2. The molecule has 3 heteroatoms. The summed E-state index contributed by atoms with van der Waals surface area (Å²) in [5, 5.41) is 8.70. The molecule has 0 radical (unpaired) electrons. The summed E-state index contributed by atoms with van der Waals surface area (Å²) in [6.45, 7) is 1.65. The van der Waals surface area contributed by atoms with E-state index in [9.17, 15) is 4.79 Å². The van der Waals surface area contributed by atoms with Crippen molar-refractivity contribution in [1.82, 2.24) is 0 Å². The van der Waals surface area contributed by atoms with E-state index in [0.717, 1.165) is 49.7 Å². The van der Waals surface area contributed by atoms with Crippen LogP contribution in [-0.4, -0.2) is 17.7 Å². The first-order valence-electron chi connectivity index (χ1n) is 10.1. The predicted molar refractivity (Wildman–Crippen MR) is 99.2 cm³/mol. The molecule has 3 nitrogen and oxygen atoms in total. The second kappa shape index (κ2) is 9.38. The van der Waals surface area contributed by atoms with Crippen LogP contribution >= 0.6 is 0 Å². The molecule has 2 bridgehead atoms. The number of carbonyl (C=O) groups is 1. The Morgan fingerprint density at radius 1 is 1.00 bits per heavy atom. The number of hydrogen-bond acceptors (Lipinski definition) is 2. The second-order valence-electron chi connectivity index (χ2n) is 8.01. The van der Waals surface area contributed by atoms with E-state index in [0.29, 0.717) is 6.42 Å². The van der Waals surface area contributed by atoms with E-state index in [1.807, 2.05) is 6.07 Å². The van der Waals surface area contributed by atoms with Crippen molar-refractivity contribution in [3.8, 4) is 0 Å². The van der Waals surface area contributed by atoms with Crippen LogP contribution in [0.5, 0.6) is 0 Å². The van der Waals surface area contributed by atoms with Crippen molar-refractivity contribution in [2.45, 2.75) is 64.4 Å². The summed E-state index contributed by atoms with van der Waals surface area (Å²) in [5.74, 6) is 2.74. The van der Waals surface area contributed by atoms with Gasteiger partial charge in [0, 0.05) is 6.42 Å². The number of carboxylic acid groups (broad SMARTS) is 1. The Balaban J connectivity index is 1.38. The Hall–Kier alpha value is -1.35. The summed E-state index contributed by atoms with van der Waals surface area (Å²) in [6, 6.07) is 10.5. The first-order valence-corrected chi connectivity index (χ1v) is 10.1. The summed E-state index contributed by atoms with van der Waals surface area (Å²) < 4.78 is 6.09. The summed E-state index contributed by atoms with van der Waals surface area (Å²) >= 11 is 0. The van der Waals surface area contributed by atoms with Gasteiger partial charge in [-0.1, -0.05) is 49.6 Å². The predicted octanol–water partition coefficient (Wildman–Crippen LogP) is 5.29. The quantitative estimate of drug-likeness (QED) is 0.555. The number of carboxylic acids is 1. The van der Waals surface area contributed by atoms with Crippen LogP contribution < -0.4 is 0 Å². The molecule has 2 fully saturated rings. The first-order chi connectivity index (χ1) is 12.2. The van der Waals surface area contributed by atoms with E-state index < -0.39 is 5.97 Å². The highest BCUT2D eigenvalue weighted by Crippen LogP contribution is 2.54. The maximum Gasteiger partial charge on any atom is 0.303 e. The third-order valence-corrected chi connectivity index (χ3v) is 6.37.